The molecule has 4 rings (SSSR count). The Kier molecular flexibility index (Phi) is 12.1. The molecule has 0 aromatic heterocycles. The second-order valence-corrected chi connectivity index (χ2v) is 8.26. The fourth-order valence-electron chi connectivity index (χ4n) is 3.15. The quantitative estimate of drug-likeness (QED) is 0.225. The summed E-state index contributed by atoms with van der Waals surface area (Å²) in [6.07, 6.45) is 0.907. The minimum Gasteiger partial charge on any atom is -0.478 e. The summed E-state index contributed by atoms with van der Waals surface area (Å²) in [5, 5.41) is 8.63. The van der Waals surface area contributed by atoms with Crippen LogP contribution in [0.4, 0.5) is 0 Å². The van der Waals surface area contributed by atoms with Crippen molar-refractivity contribution in [2.24, 2.45) is 11.8 Å². The van der Waals surface area contributed by atoms with Crippen LogP contribution in [0.25, 0.3) is 0 Å². The fourth-order valence-corrected chi connectivity index (χ4v) is 3.54. The van der Waals surface area contributed by atoms with Gasteiger partial charge in [0.25, 0.3) is 0 Å². The number of benzene rings is 2. The second kappa shape index (κ2) is 15.3. The Balaban J connectivity index is 0.000000214. The monoisotopic (exact) mass is 576 g/mol. The Morgan fingerprint density at radius 3 is 1.62 bits per heavy atom. The zero-order valence-electron chi connectivity index (χ0n) is 19.7. The van der Waals surface area contributed by atoms with E-state index >= 15 is 0 Å². The average Bonchev–Trinajstić information content (AvgIpc) is 3.56. The highest BCUT2D eigenvalue weighted by molar-refractivity contribution is 9.09. The van der Waals surface area contributed by atoms with E-state index in [1.54, 1.807) is 60.7 Å². The number of carboxylic acid groups (broad SMARTS) is 1. The van der Waals surface area contributed by atoms with Crippen LogP contribution in [0.2, 0.25) is 0 Å². The van der Waals surface area contributed by atoms with Gasteiger partial charge in [0.15, 0.2) is 18.2 Å². The molecule has 0 saturated carbocycles. The normalized spacial score (nSPS) is 17.6. The number of carboxylic acids is 1. The lowest BCUT2D eigenvalue weighted by atomic mass is 10.0. The minimum atomic E-state index is -0.879. The van der Waals surface area contributed by atoms with Gasteiger partial charge in [-0.2, -0.15) is 0 Å². The molecule has 2 heterocycles. The smallest absolute Gasteiger partial charge is 0.338 e. The lowest BCUT2D eigenvalue weighted by molar-refractivity contribution is -0.146. The molecule has 196 valence electrons. The molecule has 2 atom stereocenters. The van der Waals surface area contributed by atoms with Gasteiger partial charge in [0, 0.05) is 12.8 Å². The SMILES string of the molecule is O=C(CBr)C1CCOC1=O.O=C(O)c1ccccc1.O=C(OCC(=O)C1CCOC1=O)c1ccccc1. The number of carbonyl (C=O) groups is 6. The summed E-state index contributed by atoms with van der Waals surface area (Å²) in [4.78, 5) is 66.1. The molecule has 0 radical (unpaired) electrons. The third-order valence-corrected chi connectivity index (χ3v) is 5.71. The maximum Gasteiger partial charge on any atom is 0.338 e. The number of carbonyl (C=O) groups excluding carboxylic acids is 5. The number of Topliss-reactive ketones (excluding diaryl/α,β-unsaturated/α-hetero) is 2. The van der Waals surface area contributed by atoms with Crippen LogP contribution in [0.15, 0.2) is 60.7 Å². The predicted molar refractivity (Wildman–Crippen MR) is 132 cm³/mol. The van der Waals surface area contributed by atoms with E-state index in [1.807, 2.05) is 0 Å². The molecule has 2 saturated heterocycles. The number of hydrogen-bond donors (Lipinski definition) is 1. The Labute approximate surface area is 221 Å². The number of rotatable bonds is 7. The molecule has 1 N–H and O–H groups in total. The second-order valence-electron chi connectivity index (χ2n) is 7.70. The van der Waals surface area contributed by atoms with E-state index in [0.717, 1.165) is 0 Å². The van der Waals surface area contributed by atoms with Gasteiger partial charge in [-0.1, -0.05) is 52.3 Å². The van der Waals surface area contributed by atoms with Crippen molar-refractivity contribution in [2.45, 2.75) is 12.8 Å². The van der Waals surface area contributed by atoms with Gasteiger partial charge in [0.05, 0.1) is 29.7 Å². The molecule has 0 aliphatic carbocycles. The molecule has 2 aliphatic heterocycles. The molecule has 37 heavy (non-hydrogen) atoms. The van der Waals surface area contributed by atoms with Crippen molar-refractivity contribution >= 4 is 51.4 Å². The summed E-state index contributed by atoms with van der Waals surface area (Å²) in [5.41, 5.74) is 0.705. The number of hydrogen-bond acceptors (Lipinski definition) is 9. The van der Waals surface area contributed by atoms with Crippen molar-refractivity contribution in [1.82, 2.24) is 0 Å². The summed E-state index contributed by atoms with van der Waals surface area (Å²) in [5.74, 6) is -4.14. The van der Waals surface area contributed by atoms with E-state index < -0.39 is 42.1 Å². The molecule has 2 unspecified atom stereocenters. The predicted octanol–water partition coefficient (Wildman–Crippen LogP) is 2.87. The largest absolute Gasteiger partial charge is 0.478 e. The summed E-state index contributed by atoms with van der Waals surface area (Å²) in [6.45, 7) is 0.248. The topological polar surface area (TPSA) is 150 Å². The molecule has 0 amide bonds. The number of ether oxygens (including phenoxy) is 3. The van der Waals surface area contributed by atoms with Crippen molar-refractivity contribution in [3.63, 3.8) is 0 Å². The van der Waals surface area contributed by atoms with Crippen LogP contribution < -0.4 is 0 Å². The first-order valence-electron chi connectivity index (χ1n) is 11.2. The molecule has 11 heteroatoms. The van der Waals surface area contributed by atoms with Gasteiger partial charge in [-0.3, -0.25) is 19.2 Å². The first-order chi connectivity index (χ1) is 17.7. The summed E-state index contributed by atoms with van der Waals surface area (Å²) < 4.78 is 14.1. The first kappa shape index (κ1) is 29.4. The Morgan fingerprint density at radius 1 is 0.784 bits per heavy atom. The zero-order chi connectivity index (χ0) is 27.2. The Bertz CT molecular complexity index is 1100. The lowest BCUT2D eigenvalue weighted by Gasteiger charge is -2.06. The molecule has 2 aromatic carbocycles. The van der Waals surface area contributed by atoms with Gasteiger partial charge in [0.1, 0.15) is 11.8 Å². The third kappa shape index (κ3) is 9.60. The first-order valence-corrected chi connectivity index (χ1v) is 12.3. The van der Waals surface area contributed by atoms with Gasteiger partial charge < -0.3 is 19.3 Å². The highest BCUT2D eigenvalue weighted by Gasteiger charge is 2.33. The Morgan fingerprint density at radius 2 is 1.24 bits per heavy atom. The van der Waals surface area contributed by atoms with E-state index in [-0.39, 0.29) is 23.7 Å². The van der Waals surface area contributed by atoms with E-state index in [4.69, 9.17) is 9.84 Å². The molecule has 10 nitrogen and oxygen atoms in total. The minimum absolute atomic E-state index is 0.0810. The van der Waals surface area contributed by atoms with Gasteiger partial charge in [-0.15, -0.1) is 0 Å². The highest BCUT2D eigenvalue weighted by Crippen LogP contribution is 2.16. The van der Waals surface area contributed by atoms with E-state index in [9.17, 15) is 28.8 Å². The van der Waals surface area contributed by atoms with Gasteiger partial charge >= 0.3 is 23.9 Å². The fraction of sp³-hybridized carbons (Fsp3) is 0.308. The van der Waals surface area contributed by atoms with Crippen LogP contribution >= 0.6 is 15.9 Å². The lowest BCUT2D eigenvalue weighted by Crippen LogP contribution is -2.25. The standard InChI is InChI=1S/C13H12O5.C7H6O2.C6H7BrO3/c14-11(10-6-7-17-13(10)16)8-18-12(15)9-4-2-1-3-5-9;8-7(9)6-4-2-1-3-5-6;7-3-5(8)4-1-2-10-6(4)9/h1-5,10H,6-8H2;1-5H,(H,8,9);4H,1-3H2. The number of cyclic esters (lactones) is 2. The van der Waals surface area contributed by atoms with Crippen LogP contribution in [-0.2, 0) is 33.4 Å². The van der Waals surface area contributed by atoms with Crippen LogP contribution in [-0.4, -0.2) is 65.7 Å². The van der Waals surface area contributed by atoms with Crippen molar-refractivity contribution in [1.29, 1.82) is 0 Å². The maximum atomic E-state index is 11.6. The number of ketones is 2. The molecule has 0 spiro atoms. The molecule has 2 aromatic rings. The molecule has 2 aliphatic rings. The van der Waals surface area contributed by atoms with Crippen molar-refractivity contribution in [3.8, 4) is 0 Å². The average molecular weight is 577 g/mol. The van der Waals surface area contributed by atoms with Gasteiger partial charge in [0.2, 0.25) is 0 Å². The molecule has 0 bridgehead atoms. The molecule has 2 fully saturated rings. The number of esters is 3. The zero-order valence-corrected chi connectivity index (χ0v) is 21.3. The van der Waals surface area contributed by atoms with Crippen molar-refractivity contribution in [2.75, 3.05) is 25.2 Å². The number of halogens is 1. The van der Waals surface area contributed by atoms with Crippen molar-refractivity contribution in [3.05, 3.63) is 71.8 Å². The molecular weight excluding hydrogens is 552 g/mol. The summed E-state index contributed by atoms with van der Waals surface area (Å²) >= 11 is 2.99. The van der Waals surface area contributed by atoms with E-state index in [1.165, 1.54) is 0 Å². The molecular formula is C26H25BrO10. The highest BCUT2D eigenvalue weighted by atomic mass is 79.9. The van der Waals surface area contributed by atoms with Gasteiger partial charge in [-0.25, -0.2) is 9.59 Å². The van der Waals surface area contributed by atoms with E-state index in [2.05, 4.69) is 25.4 Å². The van der Waals surface area contributed by atoms with Crippen LogP contribution in [0.5, 0.6) is 0 Å². The van der Waals surface area contributed by atoms with Crippen molar-refractivity contribution < 1.29 is 48.1 Å². The number of aromatic carboxylic acids is 1. The third-order valence-electron chi connectivity index (χ3n) is 5.16. The Hall–Kier alpha value is -3.86. The van der Waals surface area contributed by atoms with Crippen LogP contribution in [0.1, 0.15) is 33.6 Å². The van der Waals surface area contributed by atoms with E-state index in [0.29, 0.717) is 30.6 Å². The van der Waals surface area contributed by atoms with Crippen LogP contribution in [0.3, 0.4) is 0 Å². The number of alkyl halides is 1. The van der Waals surface area contributed by atoms with Crippen LogP contribution in [0, 0.1) is 11.8 Å². The summed E-state index contributed by atoms with van der Waals surface area (Å²) in [7, 11) is 0. The van der Waals surface area contributed by atoms with Gasteiger partial charge in [-0.05, 0) is 24.3 Å². The summed E-state index contributed by atoms with van der Waals surface area (Å²) in [6, 6.07) is 16.7. The maximum absolute atomic E-state index is 11.6.